The lowest BCUT2D eigenvalue weighted by Crippen LogP contribution is -2.28. The van der Waals surface area contributed by atoms with Gasteiger partial charge in [0.2, 0.25) is 5.91 Å². The molecule has 4 heteroatoms. The first kappa shape index (κ1) is 12.8. The lowest BCUT2D eigenvalue weighted by atomic mass is 9.99. The largest absolute Gasteiger partial charge is 0.381 e. The molecule has 1 aromatic rings. The van der Waals surface area contributed by atoms with Crippen LogP contribution in [0.4, 0.5) is 5.69 Å². The van der Waals surface area contributed by atoms with Gasteiger partial charge in [-0.3, -0.25) is 9.59 Å². The lowest BCUT2D eigenvalue weighted by molar-refractivity contribution is -0.122. The molecule has 1 fully saturated rings. The number of ether oxygens (including phenoxy) is 1. The zero-order valence-corrected chi connectivity index (χ0v) is 10.4. The topological polar surface area (TPSA) is 55.4 Å². The Morgan fingerprint density at radius 3 is 2.67 bits per heavy atom. The summed E-state index contributed by atoms with van der Waals surface area (Å²) in [6.45, 7) is 2.80. The van der Waals surface area contributed by atoms with E-state index in [2.05, 4.69) is 5.32 Å². The summed E-state index contributed by atoms with van der Waals surface area (Å²) < 4.78 is 5.23. The number of benzene rings is 1. The highest BCUT2D eigenvalue weighted by Gasteiger charge is 2.21. The summed E-state index contributed by atoms with van der Waals surface area (Å²) >= 11 is 0. The van der Waals surface area contributed by atoms with Crippen LogP contribution in [0.25, 0.3) is 0 Å². The Morgan fingerprint density at radius 2 is 2.00 bits per heavy atom. The molecule has 0 bridgehead atoms. The van der Waals surface area contributed by atoms with E-state index in [4.69, 9.17) is 4.74 Å². The van der Waals surface area contributed by atoms with Gasteiger partial charge in [0.15, 0.2) is 5.78 Å². The molecule has 18 heavy (non-hydrogen) atoms. The highest BCUT2D eigenvalue weighted by Crippen LogP contribution is 2.18. The Labute approximate surface area is 106 Å². The molecule has 2 rings (SSSR count). The summed E-state index contributed by atoms with van der Waals surface area (Å²) in [6.07, 6.45) is 1.52. The zero-order valence-electron chi connectivity index (χ0n) is 10.4. The Balaban J connectivity index is 2.02. The van der Waals surface area contributed by atoms with Crippen LogP contribution in [-0.2, 0) is 9.53 Å². The molecule has 0 radical (unpaired) electrons. The molecule has 1 N–H and O–H groups in total. The van der Waals surface area contributed by atoms with Crippen molar-refractivity contribution in [1.29, 1.82) is 0 Å². The second kappa shape index (κ2) is 5.78. The third kappa shape index (κ3) is 3.17. The van der Waals surface area contributed by atoms with E-state index < -0.39 is 0 Å². The van der Waals surface area contributed by atoms with E-state index in [1.165, 1.54) is 6.92 Å². The van der Waals surface area contributed by atoms with E-state index in [9.17, 15) is 9.59 Å². The van der Waals surface area contributed by atoms with Gasteiger partial charge in [0.1, 0.15) is 0 Å². The number of rotatable bonds is 3. The van der Waals surface area contributed by atoms with Crippen LogP contribution < -0.4 is 5.32 Å². The molecule has 0 aliphatic carbocycles. The number of nitrogens with one attached hydrogen (secondary N) is 1. The fourth-order valence-electron chi connectivity index (χ4n) is 2.02. The molecule has 1 saturated heterocycles. The molecule has 0 aromatic heterocycles. The first-order valence-electron chi connectivity index (χ1n) is 6.16. The Kier molecular flexibility index (Phi) is 4.10. The summed E-state index contributed by atoms with van der Waals surface area (Å²) in [5.74, 6) is 0.0240. The van der Waals surface area contributed by atoms with Crippen molar-refractivity contribution < 1.29 is 14.3 Å². The van der Waals surface area contributed by atoms with Crippen molar-refractivity contribution in [1.82, 2.24) is 0 Å². The van der Waals surface area contributed by atoms with Gasteiger partial charge in [0.25, 0.3) is 0 Å². The first-order chi connectivity index (χ1) is 8.66. The summed E-state index contributed by atoms with van der Waals surface area (Å²) in [7, 11) is 0. The standard InChI is InChI=1S/C14H17NO3/c1-10(16)12-3-2-4-13(9-12)15-14(17)11-5-7-18-8-6-11/h2-4,9,11H,5-8H2,1H3,(H,15,17). The maximum absolute atomic E-state index is 12.0. The van der Waals surface area contributed by atoms with Gasteiger partial charge < -0.3 is 10.1 Å². The minimum Gasteiger partial charge on any atom is -0.381 e. The molecule has 0 unspecified atom stereocenters. The van der Waals surface area contributed by atoms with Crippen molar-refractivity contribution >= 4 is 17.4 Å². The molecule has 1 aliphatic heterocycles. The van der Waals surface area contributed by atoms with E-state index in [1.807, 2.05) is 0 Å². The highest BCUT2D eigenvalue weighted by molar-refractivity contribution is 5.97. The van der Waals surface area contributed by atoms with E-state index in [0.717, 1.165) is 12.8 Å². The van der Waals surface area contributed by atoms with Gasteiger partial charge in [0, 0.05) is 30.4 Å². The fourth-order valence-corrected chi connectivity index (χ4v) is 2.02. The lowest BCUT2D eigenvalue weighted by Gasteiger charge is -2.21. The van der Waals surface area contributed by atoms with Crippen LogP contribution >= 0.6 is 0 Å². The quantitative estimate of drug-likeness (QED) is 0.833. The molecule has 96 valence electrons. The van der Waals surface area contributed by atoms with Crippen molar-refractivity contribution in [3.8, 4) is 0 Å². The van der Waals surface area contributed by atoms with Crippen LogP contribution in [-0.4, -0.2) is 24.9 Å². The van der Waals surface area contributed by atoms with E-state index in [-0.39, 0.29) is 17.6 Å². The van der Waals surface area contributed by atoms with Gasteiger partial charge in [-0.1, -0.05) is 12.1 Å². The zero-order chi connectivity index (χ0) is 13.0. The summed E-state index contributed by atoms with van der Waals surface area (Å²) in [5, 5.41) is 2.86. The molecular weight excluding hydrogens is 230 g/mol. The summed E-state index contributed by atoms with van der Waals surface area (Å²) in [6, 6.07) is 7.02. The van der Waals surface area contributed by atoms with Crippen molar-refractivity contribution in [3.63, 3.8) is 0 Å². The average Bonchev–Trinajstić information content (AvgIpc) is 2.40. The summed E-state index contributed by atoms with van der Waals surface area (Å²) in [5.41, 5.74) is 1.29. The number of hydrogen-bond donors (Lipinski definition) is 1. The molecule has 1 aromatic carbocycles. The van der Waals surface area contributed by atoms with Gasteiger partial charge in [-0.05, 0) is 31.9 Å². The average molecular weight is 247 g/mol. The predicted octanol–water partition coefficient (Wildman–Crippen LogP) is 2.25. The van der Waals surface area contributed by atoms with E-state index in [0.29, 0.717) is 24.5 Å². The third-order valence-corrected chi connectivity index (χ3v) is 3.13. The van der Waals surface area contributed by atoms with Crippen molar-refractivity contribution in [2.24, 2.45) is 5.92 Å². The van der Waals surface area contributed by atoms with Crippen LogP contribution in [0.1, 0.15) is 30.1 Å². The second-order valence-corrected chi connectivity index (χ2v) is 4.51. The number of carbonyl (C=O) groups excluding carboxylic acids is 2. The third-order valence-electron chi connectivity index (χ3n) is 3.13. The number of hydrogen-bond acceptors (Lipinski definition) is 3. The molecule has 1 heterocycles. The van der Waals surface area contributed by atoms with Gasteiger partial charge in [-0.15, -0.1) is 0 Å². The predicted molar refractivity (Wildman–Crippen MR) is 68.6 cm³/mol. The van der Waals surface area contributed by atoms with Crippen LogP contribution in [0.2, 0.25) is 0 Å². The molecule has 1 amide bonds. The molecular formula is C14H17NO3. The Morgan fingerprint density at radius 1 is 1.28 bits per heavy atom. The molecule has 0 spiro atoms. The highest BCUT2D eigenvalue weighted by atomic mass is 16.5. The van der Waals surface area contributed by atoms with Gasteiger partial charge in [-0.25, -0.2) is 0 Å². The Bertz CT molecular complexity index is 450. The van der Waals surface area contributed by atoms with Crippen LogP contribution in [0, 0.1) is 5.92 Å². The molecule has 4 nitrogen and oxygen atoms in total. The normalized spacial score (nSPS) is 16.3. The summed E-state index contributed by atoms with van der Waals surface area (Å²) in [4.78, 5) is 23.3. The van der Waals surface area contributed by atoms with E-state index in [1.54, 1.807) is 24.3 Å². The SMILES string of the molecule is CC(=O)c1cccc(NC(=O)C2CCOCC2)c1. The number of ketones is 1. The number of anilines is 1. The van der Waals surface area contributed by atoms with Gasteiger partial charge >= 0.3 is 0 Å². The number of Topliss-reactive ketones (excluding diaryl/α,β-unsaturated/α-hetero) is 1. The van der Waals surface area contributed by atoms with Crippen LogP contribution in [0.5, 0.6) is 0 Å². The van der Waals surface area contributed by atoms with E-state index >= 15 is 0 Å². The molecule has 0 atom stereocenters. The maximum atomic E-state index is 12.0. The Hall–Kier alpha value is -1.68. The smallest absolute Gasteiger partial charge is 0.227 e. The molecule has 0 saturated carbocycles. The minimum absolute atomic E-state index is 0.00262. The molecule has 1 aliphatic rings. The monoisotopic (exact) mass is 247 g/mol. The van der Waals surface area contributed by atoms with Crippen LogP contribution in [0.3, 0.4) is 0 Å². The minimum atomic E-state index is -0.00262. The number of carbonyl (C=O) groups is 2. The maximum Gasteiger partial charge on any atom is 0.227 e. The van der Waals surface area contributed by atoms with Gasteiger partial charge in [-0.2, -0.15) is 0 Å². The van der Waals surface area contributed by atoms with Crippen molar-refractivity contribution in [2.45, 2.75) is 19.8 Å². The number of amides is 1. The van der Waals surface area contributed by atoms with Gasteiger partial charge in [0.05, 0.1) is 0 Å². The second-order valence-electron chi connectivity index (χ2n) is 4.51. The van der Waals surface area contributed by atoms with Crippen molar-refractivity contribution in [2.75, 3.05) is 18.5 Å². The van der Waals surface area contributed by atoms with Crippen LogP contribution in [0.15, 0.2) is 24.3 Å². The fraction of sp³-hybridized carbons (Fsp3) is 0.429. The van der Waals surface area contributed by atoms with Crippen molar-refractivity contribution in [3.05, 3.63) is 29.8 Å². The first-order valence-corrected chi connectivity index (χ1v) is 6.16.